The minimum atomic E-state index is -3.49. The van der Waals surface area contributed by atoms with Crippen molar-refractivity contribution in [2.45, 2.75) is 37.1 Å². The van der Waals surface area contributed by atoms with Crippen LogP contribution in [0.2, 0.25) is 0 Å². The molecular formula is C16H23N3O5S. The first-order chi connectivity index (χ1) is 11.7. The van der Waals surface area contributed by atoms with Crippen molar-refractivity contribution < 1.29 is 23.1 Å². The zero-order chi connectivity index (χ0) is 18.6. The summed E-state index contributed by atoms with van der Waals surface area (Å²) in [6.45, 7) is 2.21. The van der Waals surface area contributed by atoms with Crippen LogP contribution in [0.15, 0.2) is 23.1 Å². The Bertz CT molecular complexity index is 746. The molecule has 25 heavy (non-hydrogen) atoms. The summed E-state index contributed by atoms with van der Waals surface area (Å²) in [5.41, 5.74) is 3.42. The Kier molecular flexibility index (Phi) is 5.89. The predicted molar refractivity (Wildman–Crippen MR) is 94.4 cm³/mol. The molecule has 0 bridgehead atoms. The van der Waals surface area contributed by atoms with Crippen LogP contribution in [0.3, 0.4) is 0 Å². The highest BCUT2D eigenvalue weighted by atomic mass is 32.2. The van der Waals surface area contributed by atoms with Gasteiger partial charge in [-0.1, -0.05) is 6.07 Å². The van der Waals surface area contributed by atoms with Crippen LogP contribution in [0.4, 0.5) is 16.2 Å². The molecule has 1 atom stereocenters. The summed E-state index contributed by atoms with van der Waals surface area (Å²) in [4.78, 5) is 22.3. The lowest BCUT2D eigenvalue weighted by molar-refractivity contribution is -0.108. The normalized spacial score (nSPS) is 15.3. The maximum absolute atomic E-state index is 12.1. The Hall–Kier alpha value is -2.29. The number of nitrogens with zero attached hydrogens (tertiary/aromatic N) is 1. The summed E-state index contributed by atoms with van der Waals surface area (Å²) in [6, 6.07) is 4.03. The van der Waals surface area contributed by atoms with E-state index in [1.54, 1.807) is 19.1 Å². The first kappa shape index (κ1) is 19.0. The van der Waals surface area contributed by atoms with Gasteiger partial charge in [0.05, 0.1) is 22.3 Å². The second-order valence-corrected chi connectivity index (χ2v) is 8.28. The van der Waals surface area contributed by atoms with E-state index in [4.69, 9.17) is 0 Å². The summed E-state index contributed by atoms with van der Waals surface area (Å²) in [6.07, 6.45) is 2.70. The number of hydrogen-bond donors (Lipinski definition) is 3. The Morgan fingerprint density at radius 3 is 2.64 bits per heavy atom. The average molecular weight is 369 g/mol. The van der Waals surface area contributed by atoms with Crippen molar-refractivity contribution in [3.8, 4) is 0 Å². The first-order valence-corrected chi connectivity index (χ1v) is 9.92. The molecule has 1 amide bonds. The molecule has 3 N–H and O–H groups in total. The van der Waals surface area contributed by atoms with E-state index in [0.717, 1.165) is 24.1 Å². The Balaban J connectivity index is 2.36. The molecule has 0 aliphatic heterocycles. The van der Waals surface area contributed by atoms with Crippen molar-refractivity contribution in [2.24, 2.45) is 5.92 Å². The number of carbonyl (C=O) groups excluding carboxylic acids is 1. The van der Waals surface area contributed by atoms with Crippen molar-refractivity contribution in [3.63, 3.8) is 0 Å². The third-order valence-corrected chi connectivity index (χ3v) is 5.15. The third-order valence-electron chi connectivity index (χ3n) is 4.02. The molecule has 0 saturated heterocycles. The van der Waals surface area contributed by atoms with Gasteiger partial charge in [0.2, 0.25) is 0 Å². The number of amides is 1. The van der Waals surface area contributed by atoms with Crippen LogP contribution in [0.1, 0.15) is 26.2 Å². The number of aldehydes is 1. The van der Waals surface area contributed by atoms with Gasteiger partial charge >= 0.3 is 6.09 Å². The molecule has 1 unspecified atom stereocenters. The van der Waals surface area contributed by atoms with Gasteiger partial charge in [0.15, 0.2) is 9.84 Å². The molecule has 0 radical (unpaired) electrons. The molecular weight excluding hydrogens is 346 g/mol. The summed E-state index contributed by atoms with van der Waals surface area (Å²) in [5, 5.41) is 13.4. The first-order valence-electron chi connectivity index (χ1n) is 8.03. The largest absolute Gasteiger partial charge is 0.464 e. The van der Waals surface area contributed by atoms with Crippen LogP contribution in [-0.2, 0) is 14.6 Å². The smallest absolute Gasteiger partial charge is 0.426 e. The fraction of sp³-hybridized carbons (Fsp3) is 0.500. The lowest BCUT2D eigenvalue weighted by Crippen LogP contribution is -2.42. The Labute approximate surface area is 147 Å². The summed E-state index contributed by atoms with van der Waals surface area (Å²) >= 11 is 0. The minimum Gasteiger partial charge on any atom is -0.464 e. The molecule has 1 aromatic carbocycles. The number of anilines is 2. The number of para-hydroxylation sites is 1. The average Bonchev–Trinajstić information content (AvgIpc) is 3.34. The molecule has 9 heteroatoms. The van der Waals surface area contributed by atoms with E-state index in [0.29, 0.717) is 30.1 Å². The van der Waals surface area contributed by atoms with Gasteiger partial charge in [0.1, 0.15) is 6.29 Å². The predicted octanol–water partition coefficient (Wildman–Crippen LogP) is 2.20. The molecule has 1 saturated carbocycles. The van der Waals surface area contributed by atoms with Crippen LogP contribution in [0.5, 0.6) is 0 Å². The summed E-state index contributed by atoms with van der Waals surface area (Å²) < 4.78 is 24.2. The van der Waals surface area contributed by atoms with E-state index in [1.165, 1.54) is 6.07 Å². The number of benzene rings is 1. The zero-order valence-corrected chi connectivity index (χ0v) is 15.0. The van der Waals surface area contributed by atoms with E-state index in [9.17, 15) is 23.1 Å². The van der Waals surface area contributed by atoms with Gasteiger partial charge in [-0.05, 0) is 37.8 Å². The number of carbonyl (C=O) groups is 2. The molecule has 1 aromatic rings. The third kappa shape index (κ3) is 5.09. The second kappa shape index (κ2) is 7.73. The Morgan fingerprint density at radius 2 is 2.12 bits per heavy atom. The van der Waals surface area contributed by atoms with Crippen molar-refractivity contribution in [1.82, 2.24) is 5.01 Å². The van der Waals surface area contributed by atoms with Crippen molar-refractivity contribution >= 4 is 33.6 Å². The Morgan fingerprint density at radius 1 is 1.44 bits per heavy atom. The molecule has 1 aliphatic carbocycles. The van der Waals surface area contributed by atoms with Crippen molar-refractivity contribution in [3.05, 3.63) is 18.2 Å². The highest BCUT2D eigenvalue weighted by molar-refractivity contribution is 7.90. The molecule has 2 rings (SSSR count). The van der Waals surface area contributed by atoms with E-state index < -0.39 is 22.0 Å². The number of nitrogens with one attached hydrogen (secondary N) is 2. The lowest BCUT2D eigenvalue weighted by Gasteiger charge is -2.28. The fourth-order valence-corrected chi connectivity index (χ4v) is 3.28. The highest BCUT2D eigenvalue weighted by Crippen LogP contribution is 2.34. The molecule has 0 spiro atoms. The maximum Gasteiger partial charge on any atom is 0.426 e. The monoisotopic (exact) mass is 369 g/mol. The maximum atomic E-state index is 12.1. The molecule has 1 fully saturated rings. The van der Waals surface area contributed by atoms with E-state index in [1.807, 2.05) is 0 Å². The summed E-state index contributed by atoms with van der Waals surface area (Å²) in [7, 11) is -3.49. The van der Waals surface area contributed by atoms with E-state index in [-0.39, 0.29) is 11.3 Å². The van der Waals surface area contributed by atoms with Crippen LogP contribution in [0.25, 0.3) is 0 Å². The zero-order valence-electron chi connectivity index (χ0n) is 14.2. The van der Waals surface area contributed by atoms with Crippen molar-refractivity contribution in [2.75, 3.05) is 23.5 Å². The van der Waals surface area contributed by atoms with Crippen LogP contribution < -0.4 is 10.7 Å². The van der Waals surface area contributed by atoms with Gasteiger partial charge < -0.3 is 15.2 Å². The van der Waals surface area contributed by atoms with Gasteiger partial charge in [0, 0.05) is 19.2 Å². The lowest BCUT2D eigenvalue weighted by atomic mass is 10.2. The number of carboxylic acid groups (broad SMARTS) is 1. The van der Waals surface area contributed by atoms with E-state index >= 15 is 0 Å². The molecule has 8 nitrogen and oxygen atoms in total. The summed E-state index contributed by atoms with van der Waals surface area (Å²) in [5.74, 6) is 0.505. The number of rotatable bonds is 9. The topological polar surface area (TPSA) is 116 Å². The molecule has 0 heterocycles. The van der Waals surface area contributed by atoms with Crippen LogP contribution in [-0.4, -0.2) is 49.8 Å². The number of hydrogen-bond acceptors (Lipinski definition) is 6. The highest BCUT2D eigenvalue weighted by Gasteiger charge is 2.25. The second-order valence-electron chi connectivity index (χ2n) is 6.29. The van der Waals surface area contributed by atoms with Crippen LogP contribution in [0, 0.1) is 5.92 Å². The van der Waals surface area contributed by atoms with Gasteiger partial charge in [0.25, 0.3) is 0 Å². The van der Waals surface area contributed by atoms with Gasteiger partial charge in [-0.2, -0.15) is 0 Å². The number of hydrazine groups is 1. The van der Waals surface area contributed by atoms with E-state index in [2.05, 4.69) is 10.7 Å². The SMILES string of the molecule is CC(CC=O)N(Nc1cccc(S(C)(=O)=O)c1NCC1CC1)C(=O)O. The van der Waals surface area contributed by atoms with Crippen molar-refractivity contribution in [1.29, 1.82) is 0 Å². The molecule has 138 valence electrons. The van der Waals surface area contributed by atoms with Gasteiger partial charge in [-0.15, -0.1) is 0 Å². The fourth-order valence-electron chi connectivity index (χ4n) is 2.40. The molecule has 0 aromatic heterocycles. The molecule has 1 aliphatic rings. The quantitative estimate of drug-likeness (QED) is 0.451. The minimum absolute atomic E-state index is 0.0237. The van der Waals surface area contributed by atoms with Gasteiger partial charge in [-0.25, -0.2) is 18.2 Å². The van der Waals surface area contributed by atoms with Gasteiger partial charge in [-0.3, -0.25) is 5.43 Å². The standard InChI is InChI=1S/C16H23N3O5S/c1-11(8-9-20)19(16(21)22)18-13-4-3-5-14(25(2,23)24)15(13)17-10-12-6-7-12/h3-5,9,11-12,17-18H,6-8,10H2,1-2H3,(H,21,22). The number of sulfone groups is 1. The van der Waals surface area contributed by atoms with Crippen LogP contribution >= 0.6 is 0 Å².